The highest BCUT2D eigenvalue weighted by Gasteiger charge is 2.42. The number of guanidine groups is 1. The molecule has 0 radical (unpaired) electrons. The molecule has 0 saturated heterocycles. The third-order valence-corrected chi connectivity index (χ3v) is 5.12. The van der Waals surface area contributed by atoms with Crippen molar-refractivity contribution in [2.24, 2.45) is 16.8 Å². The predicted octanol–water partition coefficient (Wildman–Crippen LogP) is 3.66. The number of pyridine rings is 1. The molecule has 1 aromatic rings. The standard InChI is InChI=1S/C19H27F3N4O/c1-23-18(26-16-4-2-3-15(10-16)19(20,21)22)25-11-14-7-8-24-17(9-14)27-12-13-5-6-13/h7-9,13,15-16H,2-6,10-12H2,1H3,(H2,23,25,26). The van der Waals surface area contributed by atoms with Crippen LogP contribution in [0.3, 0.4) is 0 Å². The Balaban J connectivity index is 1.48. The normalized spacial score (nSPS) is 23.8. The van der Waals surface area contributed by atoms with Gasteiger partial charge in [-0.15, -0.1) is 0 Å². The molecule has 0 aliphatic heterocycles. The average Bonchev–Trinajstić information content (AvgIpc) is 3.48. The molecule has 5 nitrogen and oxygen atoms in total. The van der Waals surface area contributed by atoms with Crippen LogP contribution in [0.15, 0.2) is 23.3 Å². The molecule has 3 rings (SSSR count). The Hall–Kier alpha value is -1.99. The maximum Gasteiger partial charge on any atom is 0.391 e. The first-order chi connectivity index (χ1) is 12.9. The number of alkyl halides is 3. The number of aliphatic imine (C=N–C) groups is 1. The van der Waals surface area contributed by atoms with Gasteiger partial charge < -0.3 is 15.4 Å². The number of hydrogen-bond donors (Lipinski definition) is 2. The van der Waals surface area contributed by atoms with Gasteiger partial charge >= 0.3 is 6.18 Å². The summed E-state index contributed by atoms with van der Waals surface area (Å²) in [6, 6.07) is 3.54. The predicted molar refractivity (Wildman–Crippen MR) is 97.6 cm³/mol. The number of rotatable bonds is 6. The Kier molecular flexibility index (Phi) is 6.44. The van der Waals surface area contributed by atoms with Gasteiger partial charge in [0.15, 0.2) is 5.96 Å². The number of nitrogens with one attached hydrogen (secondary N) is 2. The third-order valence-electron chi connectivity index (χ3n) is 5.12. The van der Waals surface area contributed by atoms with Gasteiger partial charge in [-0.05, 0) is 49.7 Å². The SMILES string of the molecule is CN=C(NCc1ccnc(OCC2CC2)c1)NC1CCCC(C(F)(F)F)C1. The lowest BCUT2D eigenvalue weighted by molar-refractivity contribution is -0.183. The monoisotopic (exact) mass is 384 g/mol. The molecular weight excluding hydrogens is 357 g/mol. The van der Waals surface area contributed by atoms with Crippen molar-refractivity contribution in [2.75, 3.05) is 13.7 Å². The summed E-state index contributed by atoms with van der Waals surface area (Å²) >= 11 is 0. The highest BCUT2D eigenvalue weighted by atomic mass is 19.4. The molecule has 2 unspecified atom stereocenters. The minimum Gasteiger partial charge on any atom is -0.477 e. The van der Waals surface area contributed by atoms with E-state index in [4.69, 9.17) is 4.74 Å². The second-order valence-electron chi connectivity index (χ2n) is 7.43. The van der Waals surface area contributed by atoms with Crippen LogP contribution < -0.4 is 15.4 Å². The maximum atomic E-state index is 13.0. The molecule has 2 atom stereocenters. The summed E-state index contributed by atoms with van der Waals surface area (Å²) in [6.07, 6.45) is 1.63. The molecule has 27 heavy (non-hydrogen) atoms. The lowest BCUT2D eigenvalue weighted by Gasteiger charge is -2.31. The van der Waals surface area contributed by atoms with Crippen molar-refractivity contribution < 1.29 is 17.9 Å². The highest BCUT2D eigenvalue weighted by molar-refractivity contribution is 5.79. The van der Waals surface area contributed by atoms with Crippen LogP contribution in [0.5, 0.6) is 5.88 Å². The van der Waals surface area contributed by atoms with Crippen molar-refractivity contribution >= 4 is 5.96 Å². The fraction of sp³-hybridized carbons (Fsp3) is 0.684. The van der Waals surface area contributed by atoms with Gasteiger partial charge in [-0.3, -0.25) is 4.99 Å². The summed E-state index contributed by atoms with van der Waals surface area (Å²) in [5.74, 6) is 0.547. The second kappa shape index (κ2) is 8.80. The summed E-state index contributed by atoms with van der Waals surface area (Å²) in [7, 11) is 1.62. The summed E-state index contributed by atoms with van der Waals surface area (Å²) in [5.41, 5.74) is 0.982. The molecule has 2 aliphatic carbocycles. The summed E-state index contributed by atoms with van der Waals surface area (Å²) in [5, 5.41) is 6.30. The fourth-order valence-corrected chi connectivity index (χ4v) is 3.32. The zero-order valence-electron chi connectivity index (χ0n) is 15.6. The van der Waals surface area contributed by atoms with E-state index in [0.29, 0.717) is 37.3 Å². The molecule has 0 spiro atoms. The fourth-order valence-electron chi connectivity index (χ4n) is 3.32. The Bertz CT molecular complexity index is 646. The minimum absolute atomic E-state index is 0.0958. The number of aromatic nitrogens is 1. The van der Waals surface area contributed by atoms with Gasteiger partial charge in [-0.1, -0.05) is 6.42 Å². The summed E-state index contributed by atoms with van der Waals surface area (Å²) in [4.78, 5) is 8.35. The van der Waals surface area contributed by atoms with Gasteiger partial charge in [-0.2, -0.15) is 13.2 Å². The van der Waals surface area contributed by atoms with Gasteiger partial charge in [-0.25, -0.2) is 4.98 Å². The van der Waals surface area contributed by atoms with E-state index in [1.807, 2.05) is 12.1 Å². The van der Waals surface area contributed by atoms with Crippen LogP contribution >= 0.6 is 0 Å². The van der Waals surface area contributed by atoms with E-state index in [9.17, 15) is 13.2 Å². The largest absolute Gasteiger partial charge is 0.477 e. The molecule has 8 heteroatoms. The van der Waals surface area contributed by atoms with Crippen molar-refractivity contribution in [1.29, 1.82) is 0 Å². The Morgan fingerprint density at radius 3 is 2.81 bits per heavy atom. The molecule has 2 fully saturated rings. The van der Waals surface area contributed by atoms with Crippen LogP contribution in [0.2, 0.25) is 0 Å². The molecule has 150 valence electrons. The van der Waals surface area contributed by atoms with Crippen LogP contribution in [-0.4, -0.2) is 36.8 Å². The van der Waals surface area contributed by atoms with Crippen LogP contribution in [0.1, 0.15) is 44.1 Å². The first kappa shape index (κ1) is 19.8. The Morgan fingerprint density at radius 1 is 1.30 bits per heavy atom. The number of hydrogen-bond acceptors (Lipinski definition) is 3. The van der Waals surface area contributed by atoms with Crippen molar-refractivity contribution in [1.82, 2.24) is 15.6 Å². The van der Waals surface area contributed by atoms with Crippen LogP contribution in [0.25, 0.3) is 0 Å². The van der Waals surface area contributed by atoms with E-state index < -0.39 is 12.1 Å². The van der Waals surface area contributed by atoms with Crippen molar-refractivity contribution in [3.05, 3.63) is 23.9 Å². The maximum absolute atomic E-state index is 13.0. The van der Waals surface area contributed by atoms with E-state index in [1.54, 1.807) is 13.2 Å². The quantitative estimate of drug-likeness (QED) is 0.581. The summed E-state index contributed by atoms with van der Waals surface area (Å²) < 4.78 is 44.6. The molecule has 2 saturated carbocycles. The molecule has 1 heterocycles. The van der Waals surface area contributed by atoms with Gasteiger partial charge in [0.25, 0.3) is 0 Å². The van der Waals surface area contributed by atoms with Gasteiger partial charge in [0.2, 0.25) is 5.88 Å². The molecular formula is C19H27F3N4O. The summed E-state index contributed by atoms with van der Waals surface area (Å²) in [6.45, 7) is 1.20. The number of halogens is 3. The Morgan fingerprint density at radius 2 is 2.11 bits per heavy atom. The minimum atomic E-state index is -4.12. The van der Waals surface area contributed by atoms with E-state index in [1.165, 1.54) is 12.8 Å². The molecule has 0 amide bonds. The van der Waals surface area contributed by atoms with Gasteiger partial charge in [0.1, 0.15) is 0 Å². The van der Waals surface area contributed by atoms with E-state index in [0.717, 1.165) is 12.0 Å². The lowest BCUT2D eigenvalue weighted by Crippen LogP contribution is -2.46. The lowest BCUT2D eigenvalue weighted by atomic mass is 9.85. The van der Waals surface area contributed by atoms with E-state index in [2.05, 4.69) is 20.6 Å². The van der Waals surface area contributed by atoms with Crippen LogP contribution in [0, 0.1) is 11.8 Å². The first-order valence-electron chi connectivity index (χ1n) is 9.55. The van der Waals surface area contributed by atoms with Crippen LogP contribution in [-0.2, 0) is 6.54 Å². The molecule has 2 aliphatic rings. The Labute approximate surface area is 157 Å². The topological polar surface area (TPSA) is 58.5 Å². The van der Waals surface area contributed by atoms with E-state index in [-0.39, 0.29) is 18.9 Å². The third kappa shape index (κ3) is 6.29. The first-order valence-corrected chi connectivity index (χ1v) is 9.55. The molecule has 0 aromatic carbocycles. The zero-order valence-corrected chi connectivity index (χ0v) is 15.6. The van der Waals surface area contributed by atoms with Crippen molar-refractivity contribution in [2.45, 2.75) is 57.3 Å². The van der Waals surface area contributed by atoms with Gasteiger partial charge in [0, 0.05) is 31.9 Å². The van der Waals surface area contributed by atoms with Crippen LogP contribution in [0.4, 0.5) is 13.2 Å². The van der Waals surface area contributed by atoms with Crippen molar-refractivity contribution in [3.8, 4) is 5.88 Å². The molecule has 2 N–H and O–H groups in total. The smallest absolute Gasteiger partial charge is 0.391 e. The van der Waals surface area contributed by atoms with Crippen molar-refractivity contribution in [3.63, 3.8) is 0 Å². The van der Waals surface area contributed by atoms with E-state index >= 15 is 0 Å². The highest BCUT2D eigenvalue weighted by Crippen LogP contribution is 2.37. The number of nitrogens with zero attached hydrogens (tertiary/aromatic N) is 2. The molecule has 0 bridgehead atoms. The van der Waals surface area contributed by atoms with Gasteiger partial charge in [0.05, 0.1) is 12.5 Å². The second-order valence-corrected chi connectivity index (χ2v) is 7.43. The number of ether oxygens (including phenoxy) is 1. The molecule has 1 aromatic heterocycles. The average molecular weight is 384 g/mol. The zero-order chi connectivity index (χ0) is 19.3.